The lowest BCUT2D eigenvalue weighted by Gasteiger charge is -2.29. The van der Waals surface area contributed by atoms with E-state index in [1.807, 2.05) is 4.90 Å². The zero-order chi connectivity index (χ0) is 24.3. The molecule has 3 aliphatic heterocycles. The van der Waals surface area contributed by atoms with Crippen molar-refractivity contribution in [1.29, 1.82) is 0 Å². The Kier molecular flexibility index (Phi) is 5.61. The van der Waals surface area contributed by atoms with E-state index in [-0.39, 0.29) is 29.5 Å². The van der Waals surface area contributed by atoms with Crippen molar-refractivity contribution < 1.29 is 32.8 Å². The minimum absolute atomic E-state index is 0.00673. The summed E-state index contributed by atoms with van der Waals surface area (Å²) in [4.78, 5) is 9.39. The molecular weight excluding hydrogens is 484 g/mol. The number of benzene rings is 1. The molecule has 35 heavy (non-hydrogen) atoms. The van der Waals surface area contributed by atoms with Gasteiger partial charge in [-0.3, -0.25) is 0 Å². The van der Waals surface area contributed by atoms with Gasteiger partial charge in [0.15, 0.2) is 12.0 Å². The average molecular weight is 508 g/mol. The van der Waals surface area contributed by atoms with Crippen LogP contribution in [0.3, 0.4) is 0 Å². The van der Waals surface area contributed by atoms with Crippen molar-refractivity contribution in [2.75, 3.05) is 44.4 Å². The van der Waals surface area contributed by atoms with Gasteiger partial charge in [0.1, 0.15) is 29.4 Å². The van der Waals surface area contributed by atoms with Gasteiger partial charge < -0.3 is 33.9 Å². The average Bonchev–Trinajstić information content (AvgIpc) is 3.47. The van der Waals surface area contributed by atoms with Gasteiger partial charge in [0.25, 0.3) is 0 Å². The molecule has 0 unspecified atom stereocenters. The molecule has 3 saturated heterocycles. The summed E-state index contributed by atoms with van der Waals surface area (Å²) in [6.45, 7) is 4.36. The van der Waals surface area contributed by atoms with Gasteiger partial charge in [-0.05, 0) is 25.1 Å². The number of aromatic nitrogens is 2. The Morgan fingerprint density at radius 2 is 1.91 bits per heavy atom. The lowest BCUT2D eigenvalue weighted by Crippen LogP contribution is -2.45. The standard InChI is InChI=1S/C24H24ClF2N3O5/c1-24-19(31)11-33-23(24)18(10-34-24)35-20-9-17-16(28-20)8-13(25)22(29-17)21-14(26)6-12(7-15(21)27)30-2-4-32-5-3-30/h6-9,18-19,23,28,31H,2-5,10-11H2,1H3/t18-,19-,23-,24-/m1/s1. The van der Waals surface area contributed by atoms with Crippen LogP contribution in [0.4, 0.5) is 14.5 Å². The third-order valence-electron chi connectivity index (χ3n) is 7.01. The van der Waals surface area contributed by atoms with Crippen LogP contribution in [0.5, 0.6) is 5.88 Å². The van der Waals surface area contributed by atoms with E-state index in [2.05, 4.69) is 9.97 Å². The van der Waals surface area contributed by atoms with Crippen LogP contribution >= 0.6 is 11.6 Å². The Balaban J connectivity index is 1.29. The van der Waals surface area contributed by atoms with Gasteiger partial charge >= 0.3 is 0 Å². The molecule has 3 aromatic rings. The summed E-state index contributed by atoms with van der Waals surface area (Å²) in [5.41, 5.74) is 0.330. The van der Waals surface area contributed by atoms with Crippen LogP contribution < -0.4 is 9.64 Å². The summed E-state index contributed by atoms with van der Waals surface area (Å²) in [5, 5.41) is 10.3. The highest BCUT2D eigenvalue weighted by molar-refractivity contribution is 6.33. The van der Waals surface area contributed by atoms with Crippen LogP contribution in [0, 0.1) is 11.6 Å². The van der Waals surface area contributed by atoms with Crippen LogP contribution in [-0.4, -0.2) is 78.5 Å². The Hall–Kier alpha value is -2.50. The smallest absolute Gasteiger partial charge is 0.193 e. The van der Waals surface area contributed by atoms with E-state index in [4.69, 9.17) is 30.5 Å². The molecule has 3 aliphatic rings. The number of nitrogens with zero attached hydrogens (tertiary/aromatic N) is 2. The Labute approximate surface area is 204 Å². The van der Waals surface area contributed by atoms with Crippen molar-refractivity contribution in [2.45, 2.75) is 30.8 Å². The second-order valence-corrected chi connectivity index (χ2v) is 9.60. The molecule has 0 amide bonds. The first-order valence-corrected chi connectivity index (χ1v) is 11.8. The van der Waals surface area contributed by atoms with Crippen LogP contribution in [0.2, 0.25) is 5.02 Å². The number of aliphatic hydroxyl groups excluding tert-OH is 1. The van der Waals surface area contributed by atoms with Gasteiger partial charge in [-0.15, -0.1) is 0 Å². The maximum atomic E-state index is 15.1. The summed E-state index contributed by atoms with van der Waals surface area (Å²) < 4.78 is 53.0. The van der Waals surface area contributed by atoms with Gasteiger partial charge in [-0.2, -0.15) is 0 Å². The van der Waals surface area contributed by atoms with Crippen molar-refractivity contribution in [2.24, 2.45) is 0 Å². The SMILES string of the molecule is C[C@]12OC[C@@H](Oc3cc4nc(-c5c(F)cc(N6CCOCC6)cc5F)c(Cl)cc4[nH]3)[C@H]1OC[C@H]2O. The number of pyridine rings is 1. The van der Waals surface area contributed by atoms with E-state index in [1.54, 1.807) is 19.1 Å². The molecule has 5 heterocycles. The van der Waals surface area contributed by atoms with Crippen LogP contribution in [-0.2, 0) is 14.2 Å². The molecule has 0 aliphatic carbocycles. The second-order valence-electron chi connectivity index (χ2n) is 9.19. The predicted octanol–water partition coefficient (Wildman–Crippen LogP) is 3.29. The second kappa shape index (κ2) is 8.56. The van der Waals surface area contributed by atoms with E-state index in [9.17, 15) is 5.11 Å². The number of halogens is 3. The van der Waals surface area contributed by atoms with Gasteiger partial charge in [0, 0.05) is 24.8 Å². The molecule has 2 N–H and O–H groups in total. The normalized spacial score (nSPS) is 28.6. The number of morpholine rings is 1. The number of rotatable bonds is 4. The van der Waals surface area contributed by atoms with Crippen molar-refractivity contribution in [3.8, 4) is 17.1 Å². The Morgan fingerprint density at radius 3 is 2.66 bits per heavy atom. The number of hydrogen-bond donors (Lipinski definition) is 2. The van der Waals surface area contributed by atoms with Crippen LogP contribution in [0.1, 0.15) is 6.92 Å². The number of ether oxygens (including phenoxy) is 4. The topological polar surface area (TPSA) is 89.1 Å². The lowest BCUT2D eigenvalue weighted by atomic mass is 9.95. The summed E-state index contributed by atoms with van der Waals surface area (Å²) in [7, 11) is 0. The Bertz CT molecular complexity index is 1260. The maximum Gasteiger partial charge on any atom is 0.193 e. The molecule has 1 aromatic carbocycles. The molecule has 8 nitrogen and oxygen atoms in total. The van der Waals surface area contributed by atoms with Crippen LogP contribution in [0.15, 0.2) is 24.3 Å². The molecule has 0 saturated carbocycles. The molecule has 3 fully saturated rings. The summed E-state index contributed by atoms with van der Waals surface area (Å²) in [6, 6.07) is 5.79. The zero-order valence-electron chi connectivity index (χ0n) is 18.9. The predicted molar refractivity (Wildman–Crippen MR) is 124 cm³/mol. The number of H-pyrrole nitrogens is 1. The minimum Gasteiger partial charge on any atom is -0.470 e. The highest BCUT2D eigenvalue weighted by Gasteiger charge is 2.57. The molecule has 186 valence electrons. The molecular formula is C24H24ClF2N3O5. The third kappa shape index (κ3) is 3.84. The molecule has 6 rings (SSSR count). The van der Waals surface area contributed by atoms with E-state index < -0.39 is 35.5 Å². The molecule has 2 aromatic heterocycles. The lowest BCUT2D eigenvalue weighted by molar-refractivity contribution is -0.0621. The maximum absolute atomic E-state index is 15.1. The summed E-state index contributed by atoms with van der Waals surface area (Å²) >= 11 is 6.41. The zero-order valence-corrected chi connectivity index (χ0v) is 19.6. The third-order valence-corrected chi connectivity index (χ3v) is 7.29. The molecule has 11 heteroatoms. The number of anilines is 1. The fraction of sp³-hybridized carbons (Fsp3) is 0.458. The largest absolute Gasteiger partial charge is 0.470 e. The van der Waals surface area contributed by atoms with E-state index in [0.29, 0.717) is 48.9 Å². The fourth-order valence-electron chi connectivity index (χ4n) is 5.01. The van der Waals surface area contributed by atoms with Gasteiger partial charge in [0.2, 0.25) is 0 Å². The van der Waals surface area contributed by atoms with Crippen molar-refractivity contribution in [3.63, 3.8) is 0 Å². The highest BCUT2D eigenvalue weighted by atomic mass is 35.5. The molecule has 0 radical (unpaired) electrons. The van der Waals surface area contributed by atoms with Crippen molar-refractivity contribution >= 4 is 28.3 Å². The van der Waals surface area contributed by atoms with Crippen LogP contribution in [0.25, 0.3) is 22.3 Å². The molecule has 4 atom stereocenters. The number of hydrogen-bond acceptors (Lipinski definition) is 7. The van der Waals surface area contributed by atoms with E-state index >= 15 is 8.78 Å². The molecule has 0 bridgehead atoms. The Morgan fingerprint density at radius 1 is 1.17 bits per heavy atom. The first kappa shape index (κ1) is 22.9. The quantitative estimate of drug-likeness (QED) is 0.560. The monoisotopic (exact) mass is 507 g/mol. The fourth-order valence-corrected chi connectivity index (χ4v) is 5.26. The van der Waals surface area contributed by atoms with Gasteiger partial charge in [-0.1, -0.05) is 11.6 Å². The first-order chi connectivity index (χ1) is 16.8. The van der Waals surface area contributed by atoms with Crippen molar-refractivity contribution in [3.05, 3.63) is 40.9 Å². The number of nitrogens with one attached hydrogen (secondary N) is 1. The summed E-state index contributed by atoms with van der Waals surface area (Å²) in [6.07, 6.45) is -1.60. The molecule has 0 spiro atoms. The number of fused-ring (bicyclic) bond motifs is 2. The minimum atomic E-state index is -0.826. The number of aromatic amines is 1. The van der Waals surface area contributed by atoms with Crippen molar-refractivity contribution in [1.82, 2.24) is 9.97 Å². The number of aliphatic hydroxyl groups is 1. The van der Waals surface area contributed by atoms with E-state index in [0.717, 1.165) is 0 Å². The highest BCUT2D eigenvalue weighted by Crippen LogP contribution is 2.40. The first-order valence-electron chi connectivity index (χ1n) is 11.4. The van der Waals surface area contributed by atoms with Gasteiger partial charge in [-0.25, -0.2) is 13.8 Å². The summed E-state index contributed by atoms with van der Waals surface area (Å²) in [5.74, 6) is -1.11. The van der Waals surface area contributed by atoms with E-state index in [1.165, 1.54) is 12.1 Å². The van der Waals surface area contributed by atoms with Gasteiger partial charge in [0.05, 0.1) is 53.7 Å².